The summed E-state index contributed by atoms with van der Waals surface area (Å²) in [5.41, 5.74) is 7.65. The molecular formula is C103H204N2O6S4. The minimum absolute atomic E-state index is 0.0365. The van der Waals surface area contributed by atoms with Crippen LogP contribution >= 0.6 is 35.3 Å². The number of piperidine rings is 1. The van der Waals surface area contributed by atoms with Crippen molar-refractivity contribution in [3.8, 4) is 0 Å². The van der Waals surface area contributed by atoms with Gasteiger partial charge in [0.05, 0.1) is 18.1 Å². The molecule has 0 aromatic rings. The van der Waals surface area contributed by atoms with Crippen molar-refractivity contribution in [1.82, 2.24) is 10.2 Å². The number of likely N-dealkylation sites (tertiary alicyclic amines) is 1. The molecule has 12 heteroatoms. The number of sulfone groups is 1. The van der Waals surface area contributed by atoms with Crippen LogP contribution in [0.4, 0.5) is 0 Å². The molecule has 8 aliphatic rings. The van der Waals surface area contributed by atoms with E-state index < -0.39 is 9.84 Å². The minimum Gasteiger partial charge on any atom is -0.381 e. The molecule has 8 rings (SSSR count). The van der Waals surface area contributed by atoms with Crippen molar-refractivity contribution >= 4 is 56.9 Å². The van der Waals surface area contributed by atoms with Crippen LogP contribution in [0.1, 0.15) is 423 Å². The zero-order valence-corrected chi connectivity index (χ0v) is 90.1. The zero-order valence-electron chi connectivity index (χ0n) is 86.8. The summed E-state index contributed by atoms with van der Waals surface area (Å²) in [5.74, 6) is 9.36. The molecular weight excluding hydrogens is 1490 g/mol. The molecule has 8 saturated heterocycles. The lowest BCUT2D eigenvalue weighted by Gasteiger charge is -2.57. The predicted molar refractivity (Wildman–Crippen MR) is 518 cm³/mol. The summed E-state index contributed by atoms with van der Waals surface area (Å²) < 4.78 is 34.6. The molecule has 1 N–H and O–H groups in total. The van der Waals surface area contributed by atoms with Crippen LogP contribution in [0, 0.1) is 130 Å². The van der Waals surface area contributed by atoms with Gasteiger partial charge in [0.15, 0.2) is 9.84 Å². The normalized spacial score (nSPS) is 23.2. The Hall–Kier alpha value is -0.140. The van der Waals surface area contributed by atoms with Gasteiger partial charge in [0, 0.05) is 63.1 Å². The summed E-state index contributed by atoms with van der Waals surface area (Å²) in [4.78, 5) is 25.3. The predicted octanol–water partition coefficient (Wildman–Crippen LogP) is 30.3. The number of thioether (sulfide) groups is 3. The van der Waals surface area contributed by atoms with Crippen LogP contribution in [0.2, 0.25) is 0 Å². The van der Waals surface area contributed by atoms with Crippen molar-refractivity contribution in [2.45, 2.75) is 423 Å². The smallest absolute Gasteiger partial charge is 0.222 e. The third-order valence-corrected chi connectivity index (χ3v) is 38.8. The standard InChI is InChI=1S/C16H31NO.C13H26O.2C13H26S.C12H23NO.C12H24O2S.C12H24O.C12H24S/c1-8-13(18)17-11-9-16(10-12-17,14(2,3)4)15(5,6)7;2*1-11(2,3)13(12(4,5)6)7-9-14-10-8-13;1-11(2,3)13(12(4,5)6)8-7-9-14-10-13;1-10(2,3)12(11(4,5)6)7-9(14)13-8-12;1-10(2,3)12(11(4,5)6)7-8-15(13,14)9-12;2*1-10(2,3)12(11(4,5)6)7-8-13-9-12/h8-12H2,1-7H3;3*7-10H2,1-6H3;7-8H2,1-6H3,(H,13,14);7-9H2,1-6H3;2*7-9H2,1-6H3. The Labute approximate surface area is 734 Å². The van der Waals surface area contributed by atoms with Crippen molar-refractivity contribution in [3.63, 3.8) is 0 Å². The molecule has 0 atom stereocenters. The van der Waals surface area contributed by atoms with Gasteiger partial charge in [-0.2, -0.15) is 35.3 Å². The van der Waals surface area contributed by atoms with Gasteiger partial charge in [-0.1, -0.05) is 339 Å². The van der Waals surface area contributed by atoms with E-state index in [0.717, 1.165) is 65.3 Å². The summed E-state index contributed by atoms with van der Waals surface area (Å²) in [6, 6.07) is 0. The Morgan fingerprint density at radius 1 is 0.339 bits per heavy atom. The van der Waals surface area contributed by atoms with Gasteiger partial charge in [-0.15, -0.1) is 0 Å². The molecule has 0 aromatic carbocycles. The Kier molecular flexibility index (Phi) is 38.3. The van der Waals surface area contributed by atoms with E-state index in [4.69, 9.17) is 9.47 Å². The molecule has 0 aliphatic carbocycles. The van der Waals surface area contributed by atoms with Crippen LogP contribution in [0.15, 0.2) is 0 Å². The maximum absolute atomic E-state index is 11.8. The summed E-state index contributed by atoms with van der Waals surface area (Å²) >= 11 is 6.42. The van der Waals surface area contributed by atoms with Gasteiger partial charge in [0.2, 0.25) is 11.8 Å². The van der Waals surface area contributed by atoms with E-state index in [-0.39, 0.29) is 49.2 Å². The molecule has 686 valence electrons. The molecule has 0 bridgehead atoms. The van der Waals surface area contributed by atoms with Crippen LogP contribution in [0.5, 0.6) is 0 Å². The topological polar surface area (TPSA) is 102 Å². The fourth-order valence-electron chi connectivity index (χ4n) is 25.5. The van der Waals surface area contributed by atoms with Crippen LogP contribution in [0.25, 0.3) is 0 Å². The van der Waals surface area contributed by atoms with Crippen LogP contribution in [0.3, 0.4) is 0 Å². The fraction of sp³-hybridized carbons (Fsp3) is 0.981. The van der Waals surface area contributed by atoms with Gasteiger partial charge in [-0.05, 0) is 224 Å². The Morgan fingerprint density at radius 2 is 0.617 bits per heavy atom. The van der Waals surface area contributed by atoms with Gasteiger partial charge < -0.3 is 19.7 Å². The molecule has 0 unspecified atom stereocenters. The van der Waals surface area contributed by atoms with Gasteiger partial charge in [-0.3, -0.25) is 9.59 Å². The second-order valence-electron chi connectivity index (χ2n) is 54.2. The molecule has 8 aliphatic heterocycles. The monoisotopic (exact) mass is 1690 g/mol. The van der Waals surface area contributed by atoms with Gasteiger partial charge in [0.1, 0.15) is 0 Å². The number of amides is 2. The summed E-state index contributed by atoms with van der Waals surface area (Å²) in [7, 11) is -2.82. The number of hydrogen-bond acceptors (Lipinski definition) is 9. The Morgan fingerprint density at radius 3 is 0.809 bits per heavy atom. The van der Waals surface area contributed by atoms with Crippen molar-refractivity contribution in [3.05, 3.63) is 0 Å². The zero-order chi connectivity index (χ0) is 91.3. The molecule has 115 heavy (non-hydrogen) atoms. The van der Waals surface area contributed by atoms with E-state index in [1.807, 2.05) is 6.92 Å². The lowest BCUT2D eigenvalue weighted by Crippen LogP contribution is -2.54. The number of carbonyl (C=O) groups excluding carboxylic acids is 2. The van der Waals surface area contributed by atoms with E-state index in [9.17, 15) is 18.0 Å². The average molecular weight is 1700 g/mol. The number of hydrogen-bond donors (Lipinski definition) is 1. The molecule has 0 aromatic heterocycles. The Bertz CT molecular complexity index is 2760. The highest BCUT2D eigenvalue weighted by molar-refractivity contribution is 7.99. The van der Waals surface area contributed by atoms with E-state index in [0.29, 0.717) is 117 Å². The van der Waals surface area contributed by atoms with E-state index >= 15 is 0 Å². The van der Waals surface area contributed by atoms with E-state index in [1.54, 1.807) is 0 Å². The van der Waals surface area contributed by atoms with Crippen LogP contribution in [-0.4, -0.2) is 117 Å². The first-order valence-electron chi connectivity index (χ1n) is 46.2. The lowest BCUT2D eigenvalue weighted by molar-refractivity contribution is -0.139. The fourth-order valence-corrected chi connectivity index (χ4v) is 33.1. The van der Waals surface area contributed by atoms with E-state index in [1.165, 1.54) is 85.9 Å². The van der Waals surface area contributed by atoms with Gasteiger partial charge >= 0.3 is 0 Å². The highest BCUT2D eigenvalue weighted by atomic mass is 32.2. The lowest BCUT2D eigenvalue weighted by atomic mass is 9.50. The largest absolute Gasteiger partial charge is 0.381 e. The van der Waals surface area contributed by atoms with Crippen molar-refractivity contribution in [1.29, 1.82) is 0 Å². The van der Waals surface area contributed by atoms with Crippen molar-refractivity contribution in [2.24, 2.45) is 130 Å². The first-order valence-corrected chi connectivity index (χ1v) is 51.5. The first-order chi connectivity index (χ1) is 50.6. The van der Waals surface area contributed by atoms with Crippen LogP contribution < -0.4 is 5.32 Å². The Balaban J connectivity index is 0.000000658. The number of nitrogens with one attached hydrogen (secondary N) is 1. The third-order valence-electron chi connectivity index (χ3n) is 33.6. The second-order valence-corrected chi connectivity index (χ2v) is 59.8. The molecule has 8 heterocycles. The molecule has 8 nitrogen and oxygen atoms in total. The SMILES string of the molecule is CC(C)(C)C1(C(C)(C)C)CCCSC1.CC(C)(C)C1(C(C)(C)C)CCOC1.CC(C)(C)C1(C(C)(C)C)CCOCC1.CC(C)(C)C1(C(C)(C)C)CCS(=O)(=O)C1.CC(C)(C)C1(C(C)(C)C)CCSC1.CC(C)(C)C1(C(C)(C)C)CCSCC1.CC(C)(C)C1(C(C)(C)C)CNC(=O)C1.CCC(=O)N1CCC(C(C)(C)C)(C(C)(C)C)CC1. The van der Waals surface area contributed by atoms with Gasteiger partial charge in [0.25, 0.3) is 0 Å². The highest BCUT2D eigenvalue weighted by Gasteiger charge is 2.60. The van der Waals surface area contributed by atoms with Gasteiger partial charge in [-0.25, -0.2) is 8.42 Å². The summed E-state index contributed by atoms with van der Waals surface area (Å²) in [5, 5.41) is 2.98. The maximum Gasteiger partial charge on any atom is 0.222 e. The molecule has 0 saturated carbocycles. The second kappa shape index (κ2) is 39.0. The molecule has 0 spiro atoms. The maximum atomic E-state index is 11.8. The molecule has 8 fully saturated rings. The minimum atomic E-state index is -2.82. The number of nitrogens with zero attached hydrogens (tertiary/aromatic N) is 1. The van der Waals surface area contributed by atoms with Crippen LogP contribution in [-0.2, 0) is 28.9 Å². The van der Waals surface area contributed by atoms with E-state index in [2.05, 4.69) is 378 Å². The highest BCUT2D eigenvalue weighted by Crippen LogP contribution is 2.65. The summed E-state index contributed by atoms with van der Waals surface area (Å²) in [6.07, 6.45) is 15.0. The number of ether oxygens (including phenoxy) is 2. The summed E-state index contributed by atoms with van der Waals surface area (Å²) in [6.45, 7) is 121. The van der Waals surface area contributed by atoms with Crippen molar-refractivity contribution < 1.29 is 27.5 Å². The first kappa shape index (κ1) is 113. The molecule has 0 radical (unpaired) electrons. The van der Waals surface area contributed by atoms with Crippen molar-refractivity contribution in [2.75, 3.05) is 92.1 Å². The molecule has 2 amide bonds. The average Bonchev–Trinajstić information content (AvgIpc) is 1.42. The quantitative estimate of drug-likeness (QED) is 0.275. The number of rotatable bonds is 1. The third kappa shape index (κ3) is 26.1. The number of carbonyl (C=O) groups is 2.